The lowest BCUT2D eigenvalue weighted by atomic mass is 10.0. The molecule has 2 N–H and O–H groups in total. The number of carbonyl (C=O) groups is 1. The predicted molar refractivity (Wildman–Crippen MR) is 58.5 cm³/mol. The van der Waals surface area contributed by atoms with Crippen LogP contribution in [0.1, 0.15) is 28.3 Å². The number of nitrogens with two attached hydrogens (primary N) is 1. The van der Waals surface area contributed by atoms with E-state index in [1.54, 1.807) is 6.07 Å². The summed E-state index contributed by atoms with van der Waals surface area (Å²) < 4.78 is 10.4. The Morgan fingerprint density at radius 2 is 2.38 bits per heavy atom. The molecule has 1 aromatic rings. The van der Waals surface area contributed by atoms with Gasteiger partial charge in [0.1, 0.15) is 11.3 Å². The first kappa shape index (κ1) is 9.51. The van der Waals surface area contributed by atoms with Gasteiger partial charge in [0.05, 0.1) is 13.7 Å². The molecule has 16 heavy (non-hydrogen) atoms. The van der Waals surface area contributed by atoms with Crippen molar-refractivity contribution in [2.75, 3.05) is 19.5 Å². The van der Waals surface area contributed by atoms with Gasteiger partial charge in [0.15, 0.2) is 0 Å². The zero-order chi connectivity index (χ0) is 11.3. The van der Waals surface area contributed by atoms with Crippen molar-refractivity contribution < 1.29 is 14.3 Å². The molecule has 4 heteroatoms. The van der Waals surface area contributed by atoms with E-state index in [9.17, 15) is 4.79 Å². The fourth-order valence-electron chi connectivity index (χ4n) is 2.38. The standard InChI is InChI=1S/C12H13NO3/c1-15-12(14)10-9(13)3-2-7-8-4-6(8)5-16-11(7)10/h2-3,6,8H,4-5,13H2,1H3/t6-,8+/m1/s1. The highest BCUT2D eigenvalue weighted by molar-refractivity contribution is 5.98. The van der Waals surface area contributed by atoms with E-state index in [2.05, 4.69) is 0 Å². The molecule has 2 atom stereocenters. The van der Waals surface area contributed by atoms with Gasteiger partial charge in [-0.25, -0.2) is 4.79 Å². The van der Waals surface area contributed by atoms with Crippen molar-refractivity contribution >= 4 is 11.7 Å². The first-order chi connectivity index (χ1) is 7.72. The van der Waals surface area contributed by atoms with E-state index in [1.807, 2.05) is 6.07 Å². The van der Waals surface area contributed by atoms with Gasteiger partial charge in [-0.05, 0) is 24.0 Å². The molecule has 0 saturated heterocycles. The number of benzene rings is 1. The molecule has 0 spiro atoms. The van der Waals surface area contributed by atoms with Crippen LogP contribution >= 0.6 is 0 Å². The van der Waals surface area contributed by atoms with Crippen LogP contribution in [-0.2, 0) is 4.74 Å². The van der Waals surface area contributed by atoms with E-state index in [0.717, 1.165) is 12.0 Å². The van der Waals surface area contributed by atoms with Crippen molar-refractivity contribution in [2.24, 2.45) is 5.92 Å². The van der Waals surface area contributed by atoms with Gasteiger partial charge < -0.3 is 15.2 Å². The highest BCUT2D eigenvalue weighted by Gasteiger charge is 2.45. The molecule has 1 fully saturated rings. The van der Waals surface area contributed by atoms with Crippen molar-refractivity contribution in [3.8, 4) is 5.75 Å². The van der Waals surface area contributed by atoms with Crippen LogP contribution in [0.5, 0.6) is 5.75 Å². The summed E-state index contributed by atoms with van der Waals surface area (Å²) in [4.78, 5) is 11.6. The molecular weight excluding hydrogens is 206 g/mol. The normalized spacial score (nSPS) is 25.1. The highest BCUT2D eigenvalue weighted by Crippen LogP contribution is 2.55. The van der Waals surface area contributed by atoms with E-state index >= 15 is 0 Å². The number of carbonyl (C=O) groups excluding carboxylic acids is 1. The molecule has 1 aromatic carbocycles. The molecule has 2 aliphatic rings. The van der Waals surface area contributed by atoms with E-state index in [1.165, 1.54) is 7.11 Å². The van der Waals surface area contributed by atoms with Crippen LogP contribution in [0.4, 0.5) is 5.69 Å². The molecule has 1 aliphatic carbocycles. The maximum absolute atomic E-state index is 11.6. The van der Waals surface area contributed by atoms with E-state index < -0.39 is 5.97 Å². The van der Waals surface area contributed by atoms with Gasteiger partial charge >= 0.3 is 5.97 Å². The molecule has 1 heterocycles. The zero-order valence-electron chi connectivity index (χ0n) is 9.03. The summed E-state index contributed by atoms with van der Waals surface area (Å²) in [5.41, 5.74) is 7.70. The summed E-state index contributed by atoms with van der Waals surface area (Å²) >= 11 is 0. The van der Waals surface area contributed by atoms with E-state index in [-0.39, 0.29) is 0 Å². The second-order valence-electron chi connectivity index (χ2n) is 4.35. The minimum atomic E-state index is -0.423. The third-order valence-corrected chi connectivity index (χ3v) is 3.37. The molecule has 0 amide bonds. The second kappa shape index (κ2) is 3.14. The lowest BCUT2D eigenvalue weighted by molar-refractivity contribution is 0.0596. The molecule has 0 aromatic heterocycles. The molecule has 0 bridgehead atoms. The molecule has 3 rings (SSSR count). The van der Waals surface area contributed by atoms with Gasteiger partial charge in [0, 0.05) is 11.6 Å². The fourth-order valence-corrected chi connectivity index (χ4v) is 2.38. The summed E-state index contributed by atoms with van der Waals surface area (Å²) in [5.74, 6) is 1.38. The second-order valence-corrected chi connectivity index (χ2v) is 4.35. The number of fused-ring (bicyclic) bond motifs is 3. The zero-order valence-corrected chi connectivity index (χ0v) is 9.03. The van der Waals surface area contributed by atoms with Gasteiger partial charge in [0.25, 0.3) is 0 Å². The Morgan fingerprint density at radius 3 is 3.12 bits per heavy atom. The Hall–Kier alpha value is -1.71. The van der Waals surface area contributed by atoms with Crippen molar-refractivity contribution in [3.63, 3.8) is 0 Å². The highest BCUT2D eigenvalue weighted by atomic mass is 16.5. The van der Waals surface area contributed by atoms with Crippen molar-refractivity contribution in [1.82, 2.24) is 0 Å². The van der Waals surface area contributed by atoms with Gasteiger partial charge in [-0.1, -0.05) is 6.07 Å². The van der Waals surface area contributed by atoms with E-state index in [0.29, 0.717) is 35.4 Å². The maximum Gasteiger partial charge on any atom is 0.343 e. The van der Waals surface area contributed by atoms with Gasteiger partial charge in [-0.3, -0.25) is 0 Å². The molecular formula is C12H13NO3. The van der Waals surface area contributed by atoms with Crippen LogP contribution in [0.2, 0.25) is 0 Å². The average molecular weight is 219 g/mol. The Morgan fingerprint density at radius 1 is 1.56 bits per heavy atom. The maximum atomic E-state index is 11.6. The van der Waals surface area contributed by atoms with Crippen LogP contribution in [-0.4, -0.2) is 19.7 Å². The Balaban J connectivity index is 2.15. The summed E-state index contributed by atoms with van der Waals surface area (Å²) in [6.07, 6.45) is 1.15. The molecule has 1 saturated carbocycles. The summed E-state index contributed by atoms with van der Waals surface area (Å²) in [6, 6.07) is 3.72. The third kappa shape index (κ3) is 1.19. The van der Waals surface area contributed by atoms with Crippen molar-refractivity contribution in [2.45, 2.75) is 12.3 Å². The van der Waals surface area contributed by atoms with Crippen LogP contribution < -0.4 is 10.5 Å². The van der Waals surface area contributed by atoms with Gasteiger partial charge in [-0.2, -0.15) is 0 Å². The summed E-state index contributed by atoms with van der Waals surface area (Å²) in [7, 11) is 1.35. The lowest BCUT2D eigenvalue weighted by Gasteiger charge is -2.20. The topological polar surface area (TPSA) is 61.5 Å². The summed E-state index contributed by atoms with van der Waals surface area (Å²) in [6.45, 7) is 0.686. The van der Waals surface area contributed by atoms with Gasteiger partial charge in [-0.15, -0.1) is 0 Å². The quantitative estimate of drug-likeness (QED) is 0.575. The van der Waals surface area contributed by atoms with Gasteiger partial charge in [0.2, 0.25) is 0 Å². The minimum Gasteiger partial charge on any atom is -0.492 e. The third-order valence-electron chi connectivity index (χ3n) is 3.37. The van der Waals surface area contributed by atoms with Crippen LogP contribution in [0.3, 0.4) is 0 Å². The van der Waals surface area contributed by atoms with Crippen LogP contribution in [0, 0.1) is 5.92 Å². The molecule has 4 nitrogen and oxygen atoms in total. The smallest absolute Gasteiger partial charge is 0.343 e. The number of anilines is 1. The average Bonchev–Trinajstić information content (AvgIpc) is 3.06. The number of nitrogen functional groups attached to an aromatic ring is 1. The number of hydrogen-bond acceptors (Lipinski definition) is 4. The Labute approximate surface area is 93.3 Å². The fraction of sp³-hybridized carbons (Fsp3) is 0.417. The predicted octanol–water partition coefficient (Wildman–Crippen LogP) is 1.55. The Bertz CT molecular complexity index is 470. The molecule has 1 aliphatic heterocycles. The summed E-state index contributed by atoms with van der Waals surface area (Å²) in [5, 5.41) is 0. The number of methoxy groups -OCH3 is 1. The number of hydrogen-bond donors (Lipinski definition) is 1. The number of esters is 1. The Kier molecular flexibility index (Phi) is 1.87. The van der Waals surface area contributed by atoms with Crippen molar-refractivity contribution in [1.29, 1.82) is 0 Å². The molecule has 0 unspecified atom stereocenters. The number of rotatable bonds is 1. The lowest BCUT2D eigenvalue weighted by Crippen LogP contribution is -2.15. The van der Waals surface area contributed by atoms with Crippen molar-refractivity contribution in [3.05, 3.63) is 23.3 Å². The SMILES string of the molecule is COC(=O)c1c(N)ccc2c1OC[C@H]1C[C@H]21. The van der Waals surface area contributed by atoms with E-state index in [4.69, 9.17) is 15.2 Å². The van der Waals surface area contributed by atoms with Crippen LogP contribution in [0.15, 0.2) is 12.1 Å². The largest absolute Gasteiger partial charge is 0.492 e. The first-order valence-corrected chi connectivity index (χ1v) is 5.36. The number of ether oxygens (including phenoxy) is 2. The van der Waals surface area contributed by atoms with Crippen LogP contribution in [0.25, 0.3) is 0 Å². The first-order valence-electron chi connectivity index (χ1n) is 5.36. The molecule has 0 radical (unpaired) electrons. The monoisotopic (exact) mass is 219 g/mol. The molecule has 84 valence electrons. The minimum absolute atomic E-state index is 0.380.